The summed E-state index contributed by atoms with van der Waals surface area (Å²) in [5, 5.41) is 30.3. The number of carboxylic acid groups (broad SMARTS) is 1. The van der Waals surface area contributed by atoms with Crippen molar-refractivity contribution in [2.24, 2.45) is 0 Å². The van der Waals surface area contributed by atoms with Crippen LogP contribution in [-0.4, -0.2) is 30.6 Å². The highest BCUT2D eigenvalue weighted by Gasteiger charge is 2.27. The molecule has 0 saturated heterocycles. The van der Waals surface area contributed by atoms with Crippen molar-refractivity contribution in [2.45, 2.75) is 19.0 Å². The van der Waals surface area contributed by atoms with E-state index in [1.165, 1.54) is 39.8 Å². The molecule has 0 spiro atoms. The highest BCUT2D eigenvalue weighted by Crippen LogP contribution is 2.36. The largest absolute Gasteiger partial charge is 0.618 e. The molecule has 0 amide bonds. The average molecular weight is 572 g/mol. The molecular formula is C27H18ClF4N5O3. The Hall–Kier alpha value is -4.71. The van der Waals surface area contributed by atoms with Crippen LogP contribution in [0.25, 0.3) is 22.3 Å². The molecule has 8 nitrogen and oxygen atoms in total. The molecule has 13 heteroatoms. The lowest BCUT2D eigenvalue weighted by molar-refractivity contribution is -0.615. The molecule has 1 atom stereocenters. The van der Waals surface area contributed by atoms with E-state index in [-0.39, 0.29) is 28.4 Å². The zero-order chi connectivity index (χ0) is 28.6. The predicted octanol–water partition coefficient (Wildman–Crippen LogP) is 5.90. The number of hydrogen-bond acceptors (Lipinski definition) is 4. The fourth-order valence-corrected chi connectivity index (χ4v) is 4.49. The van der Waals surface area contributed by atoms with E-state index in [1.54, 1.807) is 18.3 Å². The first-order chi connectivity index (χ1) is 19.1. The van der Waals surface area contributed by atoms with Crippen LogP contribution in [0.2, 0.25) is 5.02 Å². The molecule has 2 aromatic carbocycles. The number of pyridine rings is 1. The Labute approximate surface area is 228 Å². The maximum Gasteiger partial charge on any atom is 0.335 e. The maximum atomic E-state index is 14.8. The van der Waals surface area contributed by atoms with Gasteiger partial charge in [0.1, 0.15) is 5.82 Å². The van der Waals surface area contributed by atoms with E-state index in [9.17, 15) is 27.6 Å². The Kier molecular flexibility index (Phi) is 7.26. The van der Waals surface area contributed by atoms with Gasteiger partial charge >= 0.3 is 5.97 Å². The summed E-state index contributed by atoms with van der Waals surface area (Å²) in [6.07, 6.45) is 3.18. The van der Waals surface area contributed by atoms with Gasteiger partial charge in [0, 0.05) is 29.0 Å². The van der Waals surface area contributed by atoms with E-state index in [2.05, 4.69) is 10.2 Å². The SMILES string of the molecule is O=C(O)c1ccc(-c2cnn([C@H](Cn3cc(F)cn3)c3ccc(-c4c(C(F)F)ccc(Cl)c4F)c[n+]3[O-])c2)cc1. The van der Waals surface area contributed by atoms with Gasteiger partial charge in [-0.05, 0) is 29.8 Å². The lowest BCUT2D eigenvalue weighted by atomic mass is 9.99. The molecule has 0 aliphatic heterocycles. The van der Waals surface area contributed by atoms with Gasteiger partial charge in [-0.3, -0.25) is 9.36 Å². The van der Waals surface area contributed by atoms with Crippen LogP contribution in [-0.2, 0) is 6.54 Å². The number of aromatic carboxylic acids is 1. The normalized spacial score (nSPS) is 12.2. The summed E-state index contributed by atoms with van der Waals surface area (Å²) in [5.74, 6) is -2.75. The third kappa shape index (κ3) is 5.25. The summed E-state index contributed by atoms with van der Waals surface area (Å²) in [4.78, 5) is 11.2. The number of aromatic nitrogens is 5. The van der Waals surface area contributed by atoms with E-state index in [0.717, 1.165) is 30.7 Å². The van der Waals surface area contributed by atoms with Crippen LogP contribution in [0.5, 0.6) is 0 Å². The predicted molar refractivity (Wildman–Crippen MR) is 136 cm³/mol. The molecule has 5 aromatic rings. The van der Waals surface area contributed by atoms with Gasteiger partial charge in [-0.15, -0.1) is 0 Å². The Morgan fingerprint density at radius 3 is 2.33 bits per heavy atom. The topological polar surface area (TPSA) is 99.9 Å². The molecule has 0 unspecified atom stereocenters. The maximum absolute atomic E-state index is 14.8. The number of carboxylic acids is 1. The van der Waals surface area contributed by atoms with E-state index in [4.69, 9.17) is 16.7 Å². The van der Waals surface area contributed by atoms with Gasteiger partial charge in [0.15, 0.2) is 18.1 Å². The van der Waals surface area contributed by atoms with Crippen molar-refractivity contribution in [3.63, 3.8) is 0 Å². The minimum absolute atomic E-state index is 0.0433. The fourth-order valence-electron chi connectivity index (χ4n) is 4.33. The molecule has 0 aliphatic rings. The third-order valence-corrected chi connectivity index (χ3v) is 6.58. The Morgan fingerprint density at radius 1 is 0.975 bits per heavy atom. The van der Waals surface area contributed by atoms with Gasteiger partial charge in [0.25, 0.3) is 6.43 Å². The first-order valence-corrected chi connectivity index (χ1v) is 12.1. The monoisotopic (exact) mass is 571 g/mol. The Balaban J connectivity index is 1.56. The number of carbonyl (C=O) groups is 1. The number of nitrogens with zero attached hydrogens (tertiary/aromatic N) is 5. The highest BCUT2D eigenvalue weighted by molar-refractivity contribution is 6.31. The van der Waals surface area contributed by atoms with Crippen LogP contribution in [0.3, 0.4) is 0 Å². The summed E-state index contributed by atoms with van der Waals surface area (Å²) < 4.78 is 58.8. The lowest BCUT2D eigenvalue weighted by Gasteiger charge is -2.18. The van der Waals surface area contributed by atoms with Crippen molar-refractivity contribution in [3.8, 4) is 22.3 Å². The molecule has 0 saturated carbocycles. The van der Waals surface area contributed by atoms with Crippen LogP contribution in [0.4, 0.5) is 17.6 Å². The zero-order valence-corrected chi connectivity index (χ0v) is 21.0. The first-order valence-electron chi connectivity index (χ1n) is 11.7. The molecule has 3 aromatic heterocycles. The molecule has 0 bridgehead atoms. The van der Waals surface area contributed by atoms with Crippen LogP contribution in [0, 0.1) is 16.8 Å². The second-order valence-electron chi connectivity index (χ2n) is 8.78. The van der Waals surface area contributed by atoms with E-state index < -0.39 is 41.2 Å². The Morgan fingerprint density at radius 2 is 1.70 bits per heavy atom. The van der Waals surface area contributed by atoms with Gasteiger partial charge in [0.2, 0.25) is 5.69 Å². The van der Waals surface area contributed by atoms with Crippen molar-refractivity contribution < 1.29 is 32.2 Å². The summed E-state index contributed by atoms with van der Waals surface area (Å²) in [7, 11) is 0. The molecule has 0 fully saturated rings. The standard InChI is InChI=1S/C27H18ClF4N5O3/c28-21-7-6-20(26(31)32)24(25(21)30)17-5-8-22(37(40)12-17)23(14-35-13-19(29)10-33-35)36-11-18(9-34-36)15-1-3-16(4-2-15)27(38)39/h1-13,23,26H,14H2,(H,38,39)/t23-/m1/s1. The molecule has 204 valence electrons. The van der Waals surface area contributed by atoms with Crippen molar-refractivity contribution in [3.05, 3.63) is 118 Å². The summed E-state index contributed by atoms with van der Waals surface area (Å²) >= 11 is 5.83. The van der Waals surface area contributed by atoms with Gasteiger partial charge < -0.3 is 10.3 Å². The number of halogens is 5. The van der Waals surface area contributed by atoms with Crippen molar-refractivity contribution >= 4 is 17.6 Å². The average Bonchev–Trinajstić information content (AvgIpc) is 3.58. The van der Waals surface area contributed by atoms with Crippen LogP contribution < -0.4 is 4.73 Å². The molecule has 40 heavy (non-hydrogen) atoms. The summed E-state index contributed by atoms with van der Waals surface area (Å²) in [6, 6.07) is 9.89. The number of hydrogen-bond donors (Lipinski definition) is 1. The number of benzene rings is 2. The lowest BCUT2D eigenvalue weighted by Crippen LogP contribution is -2.37. The van der Waals surface area contributed by atoms with E-state index in [1.807, 2.05) is 0 Å². The smallest absolute Gasteiger partial charge is 0.335 e. The molecule has 0 aliphatic carbocycles. The summed E-state index contributed by atoms with van der Waals surface area (Å²) in [6.45, 7) is -0.0433. The third-order valence-electron chi connectivity index (χ3n) is 6.28. The van der Waals surface area contributed by atoms with E-state index >= 15 is 0 Å². The van der Waals surface area contributed by atoms with E-state index in [0.29, 0.717) is 15.9 Å². The first kappa shape index (κ1) is 26.9. The Bertz CT molecular complexity index is 1710. The molecule has 5 rings (SSSR count). The van der Waals surface area contributed by atoms with Crippen LogP contribution >= 0.6 is 11.6 Å². The molecule has 3 heterocycles. The quantitative estimate of drug-likeness (QED) is 0.142. The van der Waals surface area contributed by atoms with Crippen molar-refractivity contribution in [2.75, 3.05) is 0 Å². The van der Waals surface area contributed by atoms with Gasteiger partial charge in [-0.2, -0.15) is 14.9 Å². The van der Waals surface area contributed by atoms with Gasteiger partial charge in [-0.1, -0.05) is 29.8 Å². The van der Waals surface area contributed by atoms with Gasteiger partial charge in [-0.25, -0.2) is 22.4 Å². The van der Waals surface area contributed by atoms with Gasteiger partial charge in [0.05, 0.1) is 41.3 Å². The number of rotatable bonds is 8. The number of alkyl halides is 2. The minimum Gasteiger partial charge on any atom is -0.618 e. The second-order valence-corrected chi connectivity index (χ2v) is 9.19. The molecular weight excluding hydrogens is 554 g/mol. The molecule has 0 radical (unpaired) electrons. The fraction of sp³-hybridized carbons (Fsp3) is 0.111. The second kappa shape index (κ2) is 10.8. The van der Waals surface area contributed by atoms with Crippen LogP contribution in [0.15, 0.2) is 79.5 Å². The van der Waals surface area contributed by atoms with Crippen LogP contribution in [0.1, 0.15) is 34.1 Å². The highest BCUT2D eigenvalue weighted by atomic mass is 35.5. The van der Waals surface area contributed by atoms with Crippen molar-refractivity contribution in [1.29, 1.82) is 0 Å². The minimum atomic E-state index is -3.02. The zero-order valence-electron chi connectivity index (χ0n) is 20.3. The van der Waals surface area contributed by atoms with Crippen molar-refractivity contribution in [1.82, 2.24) is 19.6 Å². The molecule has 1 N–H and O–H groups in total. The summed E-state index contributed by atoms with van der Waals surface area (Å²) in [5.41, 5.74) is 0.216.